The molecule has 0 saturated carbocycles. The molecule has 0 atom stereocenters. The first-order chi connectivity index (χ1) is 14.2. The second-order valence-electron chi connectivity index (χ2n) is 7.61. The number of aromatic amines is 1. The zero-order chi connectivity index (χ0) is 19.8. The number of piperazine rings is 1. The molecule has 7 heteroatoms. The number of aromatic nitrogens is 2. The molecule has 2 aliphatic heterocycles. The van der Waals surface area contributed by atoms with Crippen molar-refractivity contribution in [2.45, 2.75) is 0 Å². The average molecular weight is 390 g/mol. The van der Waals surface area contributed by atoms with Crippen molar-refractivity contribution in [3.63, 3.8) is 0 Å². The molecule has 5 rings (SSSR count). The number of nitrogens with two attached hydrogens (primary N) is 1. The van der Waals surface area contributed by atoms with E-state index in [9.17, 15) is 0 Å². The average Bonchev–Trinajstić information content (AvgIpc) is 3.16. The van der Waals surface area contributed by atoms with E-state index in [2.05, 4.69) is 50.3 Å². The van der Waals surface area contributed by atoms with E-state index < -0.39 is 0 Å². The summed E-state index contributed by atoms with van der Waals surface area (Å²) >= 11 is 0. The summed E-state index contributed by atoms with van der Waals surface area (Å²) in [5.41, 5.74) is 12.3. The molecule has 0 aliphatic carbocycles. The molecule has 2 aromatic heterocycles. The van der Waals surface area contributed by atoms with E-state index in [1.54, 1.807) is 0 Å². The van der Waals surface area contributed by atoms with Crippen LogP contribution in [0.15, 0.2) is 42.6 Å². The Balaban J connectivity index is 1.47. The highest BCUT2D eigenvalue weighted by molar-refractivity contribution is 5.78. The predicted molar refractivity (Wildman–Crippen MR) is 118 cm³/mol. The molecule has 7 nitrogen and oxygen atoms in total. The van der Waals surface area contributed by atoms with E-state index >= 15 is 0 Å². The van der Waals surface area contributed by atoms with Crippen LogP contribution in [0.4, 0.5) is 17.2 Å². The summed E-state index contributed by atoms with van der Waals surface area (Å²) in [6, 6.07) is 12.4. The third kappa shape index (κ3) is 3.38. The molecule has 1 fully saturated rings. The maximum atomic E-state index is 6.32. The van der Waals surface area contributed by atoms with Crippen molar-refractivity contribution in [1.82, 2.24) is 15.3 Å². The van der Waals surface area contributed by atoms with Gasteiger partial charge in [-0.15, -0.1) is 0 Å². The molecule has 3 aromatic rings. The molecule has 0 unspecified atom stereocenters. The van der Waals surface area contributed by atoms with Crippen molar-refractivity contribution >= 4 is 17.2 Å². The molecule has 0 amide bonds. The van der Waals surface area contributed by atoms with Crippen LogP contribution in [-0.2, 0) is 0 Å². The molecule has 1 saturated heterocycles. The third-order valence-electron chi connectivity index (χ3n) is 5.68. The molecule has 2 aliphatic rings. The Morgan fingerprint density at radius 1 is 1.03 bits per heavy atom. The van der Waals surface area contributed by atoms with Crippen LogP contribution in [0, 0.1) is 0 Å². The molecule has 0 bridgehead atoms. The lowest BCUT2D eigenvalue weighted by molar-refractivity contribution is 0.311. The van der Waals surface area contributed by atoms with Crippen molar-refractivity contribution in [1.29, 1.82) is 0 Å². The maximum absolute atomic E-state index is 6.32. The van der Waals surface area contributed by atoms with Crippen LogP contribution in [0.5, 0.6) is 5.75 Å². The number of ether oxygens (including phenoxy) is 1. The first-order valence-electron chi connectivity index (χ1n) is 10.1. The second-order valence-corrected chi connectivity index (χ2v) is 7.61. The number of fused-ring (bicyclic) bond motifs is 1. The standard InChI is InChI=1S/C22H26N6O/c1-27-10-11-29-21-3-2-15(13-20(21)27)18-12-16(4-5-25-18)19-14-17(23)22(26-19)28-8-6-24-7-9-28/h2-5,12-14,24,26H,6-11,23H2,1H3. The molecule has 0 spiro atoms. The lowest BCUT2D eigenvalue weighted by Gasteiger charge is -2.28. The normalized spacial score (nSPS) is 16.4. The number of benzene rings is 1. The van der Waals surface area contributed by atoms with Crippen LogP contribution in [0.2, 0.25) is 0 Å². The van der Waals surface area contributed by atoms with Gasteiger partial charge >= 0.3 is 0 Å². The van der Waals surface area contributed by atoms with Crippen molar-refractivity contribution in [3.05, 3.63) is 42.6 Å². The topological polar surface area (TPSA) is 82.4 Å². The Morgan fingerprint density at radius 3 is 2.76 bits per heavy atom. The minimum absolute atomic E-state index is 0.722. The van der Waals surface area contributed by atoms with Gasteiger partial charge in [0.15, 0.2) is 0 Å². The molecule has 1 aromatic carbocycles. The Bertz CT molecular complexity index is 1020. The predicted octanol–water partition coefficient (Wildman–Crippen LogP) is 2.56. The Morgan fingerprint density at radius 2 is 1.90 bits per heavy atom. The van der Waals surface area contributed by atoms with Crippen LogP contribution in [0.1, 0.15) is 0 Å². The maximum Gasteiger partial charge on any atom is 0.142 e. The molecule has 150 valence electrons. The summed E-state index contributed by atoms with van der Waals surface area (Å²) in [6.07, 6.45) is 1.85. The van der Waals surface area contributed by atoms with Gasteiger partial charge in [-0.25, -0.2) is 0 Å². The number of nitrogens with one attached hydrogen (secondary N) is 2. The number of nitrogen functional groups attached to an aromatic ring is 1. The molecular formula is C22H26N6O. The molecule has 0 radical (unpaired) electrons. The smallest absolute Gasteiger partial charge is 0.142 e. The highest BCUT2D eigenvalue weighted by atomic mass is 16.5. The monoisotopic (exact) mass is 390 g/mol. The van der Waals surface area contributed by atoms with Gasteiger partial charge in [0.2, 0.25) is 0 Å². The van der Waals surface area contributed by atoms with Crippen molar-refractivity contribution in [2.75, 3.05) is 61.9 Å². The van der Waals surface area contributed by atoms with Crippen LogP contribution < -0.4 is 25.6 Å². The number of rotatable bonds is 3. The number of H-pyrrole nitrogens is 1. The van der Waals surface area contributed by atoms with Crippen LogP contribution >= 0.6 is 0 Å². The number of nitrogens with zero attached hydrogens (tertiary/aromatic N) is 3. The Hall–Kier alpha value is -3.19. The summed E-state index contributed by atoms with van der Waals surface area (Å²) in [4.78, 5) is 12.6. The minimum atomic E-state index is 0.722. The van der Waals surface area contributed by atoms with E-state index in [1.807, 2.05) is 24.4 Å². The SMILES string of the molecule is CN1CCOc2ccc(-c3cc(-c4cc(N)c(N5CCNCC5)[nH]4)ccn3)cc21. The van der Waals surface area contributed by atoms with E-state index in [1.165, 1.54) is 0 Å². The van der Waals surface area contributed by atoms with Gasteiger partial charge in [-0.05, 0) is 36.4 Å². The van der Waals surface area contributed by atoms with Crippen molar-refractivity contribution < 1.29 is 4.74 Å². The van der Waals surface area contributed by atoms with E-state index in [0.717, 1.165) is 84.8 Å². The summed E-state index contributed by atoms with van der Waals surface area (Å²) in [5.74, 6) is 1.93. The zero-order valence-corrected chi connectivity index (χ0v) is 16.6. The van der Waals surface area contributed by atoms with Crippen LogP contribution in [0.25, 0.3) is 22.5 Å². The molecular weight excluding hydrogens is 364 g/mol. The Labute approximate surface area is 170 Å². The summed E-state index contributed by atoms with van der Waals surface area (Å²) in [5, 5.41) is 3.38. The summed E-state index contributed by atoms with van der Waals surface area (Å²) < 4.78 is 5.76. The van der Waals surface area contributed by atoms with E-state index in [-0.39, 0.29) is 0 Å². The highest BCUT2D eigenvalue weighted by Crippen LogP contribution is 2.36. The van der Waals surface area contributed by atoms with E-state index in [4.69, 9.17) is 10.5 Å². The van der Waals surface area contributed by atoms with Gasteiger partial charge in [0, 0.05) is 56.2 Å². The van der Waals surface area contributed by atoms with Crippen LogP contribution in [-0.4, -0.2) is 56.3 Å². The largest absolute Gasteiger partial charge is 0.490 e. The quantitative estimate of drug-likeness (QED) is 0.638. The third-order valence-corrected chi connectivity index (χ3v) is 5.68. The number of hydrogen-bond acceptors (Lipinski definition) is 6. The Kier molecular flexibility index (Phi) is 4.52. The molecule has 29 heavy (non-hydrogen) atoms. The van der Waals surface area contributed by atoms with Crippen LogP contribution in [0.3, 0.4) is 0 Å². The lowest BCUT2D eigenvalue weighted by Crippen LogP contribution is -2.43. The van der Waals surface area contributed by atoms with Gasteiger partial charge in [0.05, 0.1) is 23.6 Å². The fourth-order valence-corrected chi connectivity index (χ4v) is 4.03. The van der Waals surface area contributed by atoms with Crippen molar-refractivity contribution in [2.24, 2.45) is 0 Å². The summed E-state index contributed by atoms with van der Waals surface area (Å²) in [6.45, 7) is 5.47. The number of anilines is 3. The van der Waals surface area contributed by atoms with Gasteiger partial charge in [-0.2, -0.15) is 0 Å². The zero-order valence-electron chi connectivity index (χ0n) is 16.6. The number of likely N-dealkylation sites (N-methyl/N-ethyl adjacent to an activating group) is 1. The number of hydrogen-bond donors (Lipinski definition) is 3. The first kappa shape index (κ1) is 17.9. The highest BCUT2D eigenvalue weighted by Gasteiger charge is 2.18. The molecule has 4 heterocycles. The fraction of sp³-hybridized carbons (Fsp3) is 0.318. The lowest BCUT2D eigenvalue weighted by atomic mass is 10.1. The van der Waals surface area contributed by atoms with Gasteiger partial charge in [-0.3, -0.25) is 4.98 Å². The summed E-state index contributed by atoms with van der Waals surface area (Å²) in [7, 11) is 2.09. The minimum Gasteiger partial charge on any atom is -0.490 e. The van der Waals surface area contributed by atoms with Gasteiger partial charge in [0.25, 0.3) is 0 Å². The molecule has 4 N–H and O–H groups in total. The number of pyridine rings is 1. The second kappa shape index (κ2) is 7.33. The van der Waals surface area contributed by atoms with Gasteiger partial charge in [-0.1, -0.05) is 0 Å². The fourth-order valence-electron chi connectivity index (χ4n) is 4.03. The first-order valence-corrected chi connectivity index (χ1v) is 10.1. The van der Waals surface area contributed by atoms with Gasteiger partial charge < -0.3 is 30.6 Å². The van der Waals surface area contributed by atoms with Crippen molar-refractivity contribution in [3.8, 4) is 28.3 Å². The van der Waals surface area contributed by atoms with E-state index in [0.29, 0.717) is 0 Å². The van der Waals surface area contributed by atoms with Gasteiger partial charge in [0.1, 0.15) is 18.2 Å².